The fraction of sp³-hybridized carbons (Fsp3) is 0.682. The van der Waals surface area contributed by atoms with Crippen LogP contribution in [0.25, 0.3) is 0 Å². The van der Waals surface area contributed by atoms with Crippen LogP contribution < -0.4 is 0 Å². The summed E-state index contributed by atoms with van der Waals surface area (Å²) in [5.41, 5.74) is 0. The summed E-state index contributed by atoms with van der Waals surface area (Å²) in [6.07, 6.45) is 2.71. The number of thioether (sulfide) groups is 8. The van der Waals surface area contributed by atoms with Crippen LogP contribution in [0.4, 0.5) is 0 Å². The molecule has 0 aliphatic carbocycles. The zero-order valence-electron chi connectivity index (χ0n) is 20.2. The number of fused-ring (bicyclic) bond motifs is 4. The van der Waals surface area contributed by atoms with Gasteiger partial charge < -0.3 is 23.7 Å². The third-order valence-corrected chi connectivity index (χ3v) is 15.6. The third-order valence-electron chi connectivity index (χ3n) is 4.28. The maximum absolute atomic E-state index is 8.97. The van der Waals surface area contributed by atoms with E-state index in [1.54, 1.807) is 11.8 Å². The van der Waals surface area contributed by atoms with E-state index in [4.69, 9.17) is 28.9 Å². The van der Waals surface area contributed by atoms with Crippen molar-refractivity contribution in [2.45, 2.75) is 6.42 Å². The van der Waals surface area contributed by atoms with E-state index in [0.717, 1.165) is 17.3 Å². The lowest BCUT2D eigenvalue weighted by Gasteiger charge is -2.08. The molecule has 36 heavy (non-hydrogen) atoms. The summed E-state index contributed by atoms with van der Waals surface area (Å²) in [5, 5.41) is 8.97. The van der Waals surface area contributed by atoms with E-state index in [0.29, 0.717) is 72.5 Å². The van der Waals surface area contributed by atoms with Crippen molar-refractivity contribution in [3.63, 3.8) is 0 Å². The zero-order valence-corrected chi connectivity index (χ0v) is 26.7. The number of ether oxygens (including phenoxy) is 5. The van der Waals surface area contributed by atoms with E-state index >= 15 is 0 Å². The SMILES string of the molecule is CSC1=C2SCCOCCOCCOCCOCCOCCSC3=C(SCCC#N)SC(=C(S1)S2)S3. The first-order valence-electron chi connectivity index (χ1n) is 11.4. The van der Waals surface area contributed by atoms with Crippen molar-refractivity contribution < 1.29 is 23.7 Å². The van der Waals surface area contributed by atoms with Crippen LogP contribution in [0.5, 0.6) is 0 Å². The molecule has 6 nitrogen and oxygen atoms in total. The van der Waals surface area contributed by atoms with Gasteiger partial charge in [-0.1, -0.05) is 47.0 Å². The first-order valence-corrected chi connectivity index (χ1v) is 18.9. The van der Waals surface area contributed by atoms with Gasteiger partial charge >= 0.3 is 0 Å². The Balaban J connectivity index is 1.57. The van der Waals surface area contributed by atoms with E-state index in [-0.39, 0.29) is 0 Å². The molecule has 3 rings (SSSR count). The molecule has 0 atom stereocenters. The van der Waals surface area contributed by atoms with Crippen molar-refractivity contribution in [3.05, 3.63) is 25.4 Å². The summed E-state index contributed by atoms with van der Waals surface area (Å²) in [5.74, 6) is 2.64. The van der Waals surface area contributed by atoms with Crippen LogP contribution in [-0.4, -0.2) is 89.6 Å². The zero-order chi connectivity index (χ0) is 25.3. The van der Waals surface area contributed by atoms with Gasteiger partial charge in [-0.25, -0.2) is 0 Å². The van der Waals surface area contributed by atoms with Gasteiger partial charge in [0.2, 0.25) is 0 Å². The van der Waals surface area contributed by atoms with Gasteiger partial charge in [0.15, 0.2) is 0 Å². The van der Waals surface area contributed by atoms with E-state index < -0.39 is 0 Å². The van der Waals surface area contributed by atoms with Crippen molar-refractivity contribution in [1.29, 1.82) is 5.26 Å². The van der Waals surface area contributed by atoms with Crippen LogP contribution in [0.15, 0.2) is 25.4 Å². The predicted octanol–water partition coefficient (Wildman–Crippen LogP) is 6.90. The minimum absolute atomic E-state index is 0.560. The average molecular weight is 646 g/mol. The van der Waals surface area contributed by atoms with E-state index in [1.807, 2.05) is 82.3 Å². The van der Waals surface area contributed by atoms with Crippen molar-refractivity contribution in [2.24, 2.45) is 0 Å². The van der Waals surface area contributed by atoms with Crippen molar-refractivity contribution in [3.8, 4) is 6.07 Å². The Labute approximate surface area is 248 Å². The third kappa shape index (κ3) is 12.2. The smallest absolute Gasteiger partial charge is 0.0717 e. The van der Waals surface area contributed by atoms with E-state index in [9.17, 15) is 0 Å². The molecule has 0 amide bonds. The number of nitriles is 1. The molecule has 0 aromatic heterocycles. The second-order valence-electron chi connectivity index (χ2n) is 6.85. The van der Waals surface area contributed by atoms with Gasteiger partial charge in [-0.2, -0.15) is 5.26 Å². The van der Waals surface area contributed by atoms with Gasteiger partial charge in [0.1, 0.15) is 0 Å². The molecule has 0 spiro atoms. The molecular formula is C22H31NO5S8. The fourth-order valence-corrected chi connectivity index (χ4v) is 14.0. The summed E-state index contributed by atoms with van der Waals surface area (Å²) in [6, 6.07) is 2.26. The molecule has 3 aliphatic rings. The topological polar surface area (TPSA) is 69.9 Å². The van der Waals surface area contributed by atoms with Gasteiger partial charge in [0, 0.05) is 23.7 Å². The van der Waals surface area contributed by atoms with Gasteiger partial charge in [-0.05, 0) is 6.26 Å². The molecule has 202 valence electrons. The van der Waals surface area contributed by atoms with Crippen LogP contribution in [0, 0.1) is 11.3 Å². The van der Waals surface area contributed by atoms with Crippen LogP contribution in [0.2, 0.25) is 0 Å². The van der Waals surface area contributed by atoms with Crippen LogP contribution in [-0.2, 0) is 23.7 Å². The Kier molecular flexibility index (Phi) is 17.9. The maximum Gasteiger partial charge on any atom is 0.0717 e. The largest absolute Gasteiger partial charge is 0.378 e. The monoisotopic (exact) mass is 645 g/mol. The maximum atomic E-state index is 8.97. The van der Waals surface area contributed by atoms with Gasteiger partial charge in [-0.15, -0.1) is 47.0 Å². The quantitative estimate of drug-likeness (QED) is 0.298. The Morgan fingerprint density at radius 3 is 1.56 bits per heavy atom. The summed E-state index contributed by atoms with van der Waals surface area (Å²) < 4.78 is 36.3. The van der Waals surface area contributed by atoms with Crippen molar-refractivity contribution in [2.75, 3.05) is 89.6 Å². The highest BCUT2D eigenvalue weighted by Gasteiger charge is 2.30. The molecule has 0 saturated carbocycles. The molecule has 0 N–H and O–H groups in total. The highest BCUT2D eigenvalue weighted by molar-refractivity contribution is 8.45. The predicted molar refractivity (Wildman–Crippen MR) is 167 cm³/mol. The first-order chi connectivity index (χ1) is 17.8. The van der Waals surface area contributed by atoms with Crippen LogP contribution >= 0.6 is 94.1 Å². The summed E-state index contributed by atoms with van der Waals surface area (Å²) in [4.78, 5) is 0. The average Bonchev–Trinajstić information content (AvgIpc) is 3.49. The van der Waals surface area contributed by atoms with Gasteiger partial charge in [0.05, 0.1) is 97.6 Å². The lowest BCUT2D eigenvalue weighted by atomic mass is 10.6. The molecule has 4 bridgehead atoms. The van der Waals surface area contributed by atoms with Gasteiger partial charge in [-0.3, -0.25) is 0 Å². The molecule has 0 radical (unpaired) electrons. The Morgan fingerprint density at radius 2 is 1.08 bits per heavy atom. The molecule has 0 saturated heterocycles. The molecule has 0 fully saturated rings. The molecule has 0 aromatic carbocycles. The molecule has 3 aliphatic heterocycles. The lowest BCUT2D eigenvalue weighted by Crippen LogP contribution is -2.13. The number of hydrogen-bond donors (Lipinski definition) is 0. The second kappa shape index (κ2) is 20.2. The van der Waals surface area contributed by atoms with Crippen molar-refractivity contribution >= 4 is 94.1 Å². The standard InChI is InChI=1S/C22H31NO5S8/c1-29-17-18-31-15-12-27-10-8-25-6-4-24-5-7-26-9-11-28-13-16-32-20-19(30-14-2-3-23)35-22(36-20)21(33-17)34-18/h2,4-16H2,1H3. The number of rotatable bonds is 4. The highest BCUT2D eigenvalue weighted by Crippen LogP contribution is 2.65. The number of hydrogen-bond acceptors (Lipinski definition) is 14. The summed E-state index contributed by atoms with van der Waals surface area (Å²) in [7, 11) is 0. The summed E-state index contributed by atoms with van der Waals surface area (Å²) in [6.45, 7) is 5.98. The Bertz CT molecular complexity index is 817. The van der Waals surface area contributed by atoms with Crippen molar-refractivity contribution in [1.82, 2.24) is 0 Å². The first kappa shape index (κ1) is 31.8. The Hall–Kier alpha value is 1.31. The van der Waals surface area contributed by atoms with Crippen LogP contribution in [0.1, 0.15) is 6.42 Å². The molecule has 0 unspecified atom stereocenters. The minimum atomic E-state index is 0.560. The van der Waals surface area contributed by atoms with Crippen LogP contribution in [0.3, 0.4) is 0 Å². The Morgan fingerprint density at radius 1 is 0.639 bits per heavy atom. The second-order valence-corrected chi connectivity index (χ2v) is 16.6. The molecule has 0 aromatic rings. The fourth-order valence-electron chi connectivity index (χ4n) is 2.66. The molecular weight excluding hydrogens is 615 g/mol. The molecule has 14 heteroatoms. The minimum Gasteiger partial charge on any atom is -0.378 e. The molecule has 3 heterocycles. The van der Waals surface area contributed by atoms with E-state index in [2.05, 4.69) is 12.3 Å². The number of nitrogens with zero attached hydrogens (tertiary/aromatic N) is 1. The highest BCUT2D eigenvalue weighted by atomic mass is 32.3. The van der Waals surface area contributed by atoms with Gasteiger partial charge in [0.25, 0.3) is 0 Å². The van der Waals surface area contributed by atoms with E-state index in [1.165, 1.54) is 25.4 Å². The normalized spacial score (nSPS) is 22.9. The lowest BCUT2D eigenvalue weighted by molar-refractivity contribution is -0.00902. The summed E-state index contributed by atoms with van der Waals surface area (Å²) >= 11 is 14.8.